The molecule has 0 saturated carbocycles. The first-order valence-corrected chi connectivity index (χ1v) is 6.06. The molecular weight excluding hydrogens is 281 g/mol. The molecule has 1 heterocycles. The number of carbonyl (C=O) groups is 1. The van der Waals surface area contributed by atoms with Gasteiger partial charge in [-0.3, -0.25) is 4.79 Å². The molecule has 0 N–H and O–H groups in total. The number of hydrogen-bond acceptors (Lipinski definition) is 1. The van der Waals surface area contributed by atoms with E-state index in [2.05, 4.69) is 0 Å². The van der Waals surface area contributed by atoms with Gasteiger partial charge in [-0.15, -0.1) is 0 Å². The first kappa shape index (κ1) is 14.7. The molecule has 7 heteroatoms. The predicted octanol–water partition coefficient (Wildman–Crippen LogP) is 3.23. The fourth-order valence-corrected chi connectivity index (χ4v) is 2.37. The maximum absolute atomic E-state index is 13.6. The molecule has 0 spiro atoms. The molecule has 0 bridgehead atoms. The summed E-state index contributed by atoms with van der Waals surface area (Å²) < 4.78 is 63.9. The molecule has 1 fully saturated rings. The highest BCUT2D eigenvalue weighted by molar-refractivity contribution is 5.77. The molecular formula is C13H12F5NO. The maximum Gasteiger partial charge on any atom is 0.406 e. The fraction of sp³-hybridized carbons (Fsp3) is 0.462. The van der Waals surface area contributed by atoms with Gasteiger partial charge in [0, 0.05) is 18.9 Å². The Hall–Kier alpha value is -1.66. The lowest BCUT2D eigenvalue weighted by Crippen LogP contribution is -2.44. The molecule has 1 aromatic carbocycles. The monoisotopic (exact) mass is 293 g/mol. The number of carbonyl (C=O) groups excluding carboxylic acids is 1. The Balaban J connectivity index is 2.18. The topological polar surface area (TPSA) is 20.3 Å². The van der Waals surface area contributed by atoms with Crippen molar-refractivity contribution in [1.29, 1.82) is 0 Å². The van der Waals surface area contributed by atoms with Crippen LogP contribution in [0.5, 0.6) is 0 Å². The lowest BCUT2D eigenvalue weighted by molar-refractivity contribution is -0.164. The van der Waals surface area contributed by atoms with Crippen LogP contribution in [-0.2, 0) is 4.79 Å². The van der Waals surface area contributed by atoms with Gasteiger partial charge in [-0.05, 0) is 18.1 Å². The van der Waals surface area contributed by atoms with E-state index in [1.807, 2.05) is 0 Å². The summed E-state index contributed by atoms with van der Waals surface area (Å²) >= 11 is 0. The van der Waals surface area contributed by atoms with Gasteiger partial charge in [0.1, 0.15) is 6.54 Å². The second-order valence-electron chi connectivity index (χ2n) is 4.77. The Labute approximate surface area is 112 Å². The molecule has 1 saturated heterocycles. The predicted molar refractivity (Wildman–Crippen MR) is 61.0 cm³/mol. The van der Waals surface area contributed by atoms with Gasteiger partial charge < -0.3 is 4.90 Å². The average molecular weight is 293 g/mol. The zero-order chi connectivity index (χ0) is 14.9. The number of alkyl halides is 3. The lowest BCUT2D eigenvalue weighted by Gasteiger charge is -2.33. The van der Waals surface area contributed by atoms with Crippen LogP contribution in [0.15, 0.2) is 18.2 Å². The summed E-state index contributed by atoms with van der Waals surface area (Å²) in [6.45, 7) is -1.61. The van der Waals surface area contributed by atoms with Crippen molar-refractivity contribution >= 4 is 5.91 Å². The van der Waals surface area contributed by atoms with Crippen LogP contribution in [0, 0.1) is 11.6 Å². The summed E-state index contributed by atoms with van der Waals surface area (Å²) in [6.07, 6.45) is -4.39. The van der Waals surface area contributed by atoms with Crippen molar-refractivity contribution in [3.8, 4) is 0 Å². The smallest absolute Gasteiger partial charge is 0.333 e. The molecule has 1 aliphatic rings. The summed E-state index contributed by atoms with van der Waals surface area (Å²) in [5.41, 5.74) is 0.0182. The summed E-state index contributed by atoms with van der Waals surface area (Å²) in [6, 6.07) is 3.59. The van der Waals surface area contributed by atoms with Crippen molar-refractivity contribution < 1.29 is 26.7 Å². The molecule has 0 aliphatic carbocycles. The highest BCUT2D eigenvalue weighted by atomic mass is 19.4. The third kappa shape index (κ3) is 3.26. The zero-order valence-corrected chi connectivity index (χ0v) is 10.4. The van der Waals surface area contributed by atoms with Gasteiger partial charge in [-0.2, -0.15) is 13.2 Å². The molecule has 20 heavy (non-hydrogen) atoms. The maximum atomic E-state index is 13.6. The third-order valence-corrected chi connectivity index (χ3v) is 3.29. The Morgan fingerprint density at radius 2 is 1.95 bits per heavy atom. The largest absolute Gasteiger partial charge is 0.406 e. The molecule has 2 rings (SSSR count). The third-order valence-electron chi connectivity index (χ3n) is 3.29. The van der Waals surface area contributed by atoms with E-state index < -0.39 is 36.2 Å². The van der Waals surface area contributed by atoms with Gasteiger partial charge in [0.25, 0.3) is 0 Å². The number of piperidine rings is 1. The Morgan fingerprint density at radius 3 is 2.60 bits per heavy atom. The van der Waals surface area contributed by atoms with E-state index in [4.69, 9.17) is 0 Å². The molecule has 0 aromatic heterocycles. The van der Waals surface area contributed by atoms with Crippen molar-refractivity contribution in [2.45, 2.75) is 24.9 Å². The number of benzene rings is 1. The summed E-state index contributed by atoms with van der Waals surface area (Å²) in [5, 5.41) is 0. The zero-order valence-electron chi connectivity index (χ0n) is 10.4. The molecule has 0 radical (unpaired) electrons. The van der Waals surface area contributed by atoms with Crippen LogP contribution in [0.2, 0.25) is 0 Å². The average Bonchev–Trinajstić information content (AvgIpc) is 2.34. The molecule has 1 atom stereocenters. The molecule has 0 unspecified atom stereocenters. The van der Waals surface area contributed by atoms with Crippen LogP contribution in [-0.4, -0.2) is 30.1 Å². The first-order valence-electron chi connectivity index (χ1n) is 6.06. The Kier molecular flexibility index (Phi) is 3.96. The van der Waals surface area contributed by atoms with Crippen molar-refractivity contribution in [3.63, 3.8) is 0 Å². The lowest BCUT2D eigenvalue weighted by atomic mass is 9.90. The van der Waals surface area contributed by atoms with Crippen LogP contribution in [0.25, 0.3) is 0 Å². The second-order valence-corrected chi connectivity index (χ2v) is 4.77. The van der Waals surface area contributed by atoms with Gasteiger partial charge >= 0.3 is 6.18 Å². The SMILES string of the molecule is O=C1CC[C@@H](c2cccc(F)c2F)CN1CC(F)(F)F. The highest BCUT2D eigenvalue weighted by Gasteiger charge is 2.37. The molecule has 1 aromatic rings. The number of hydrogen-bond donors (Lipinski definition) is 0. The van der Waals surface area contributed by atoms with Crippen LogP contribution in [0.4, 0.5) is 22.0 Å². The van der Waals surface area contributed by atoms with Gasteiger partial charge in [-0.1, -0.05) is 12.1 Å². The van der Waals surface area contributed by atoms with Gasteiger partial charge in [-0.25, -0.2) is 8.78 Å². The standard InChI is InChI=1S/C13H12F5NO/c14-10-3-1-2-9(12(10)15)8-4-5-11(20)19(6-8)7-13(16,17)18/h1-3,8H,4-7H2/t8-/m1/s1. The van der Waals surface area contributed by atoms with E-state index in [1.54, 1.807) is 0 Å². The molecule has 110 valence electrons. The van der Waals surface area contributed by atoms with Crippen LogP contribution < -0.4 is 0 Å². The summed E-state index contributed by atoms with van der Waals surface area (Å²) in [4.78, 5) is 12.1. The van der Waals surface area contributed by atoms with Gasteiger partial charge in [0.05, 0.1) is 0 Å². The van der Waals surface area contributed by atoms with E-state index >= 15 is 0 Å². The van der Waals surface area contributed by atoms with E-state index in [0.717, 1.165) is 6.07 Å². The minimum Gasteiger partial charge on any atom is -0.333 e. The highest BCUT2D eigenvalue weighted by Crippen LogP contribution is 2.31. The van der Waals surface area contributed by atoms with Crippen molar-refractivity contribution in [2.75, 3.05) is 13.1 Å². The van der Waals surface area contributed by atoms with E-state index in [-0.39, 0.29) is 24.9 Å². The number of amides is 1. The van der Waals surface area contributed by atoms with E-state index in [1.165, 1.54) is 12.1 Å². The molecule has 1 aliphatic heterocycles. The Morgan fingerprint density at radius 1 is 1.25 bits per heavy atom. The first-order chi connectivity index (χ1) is 9.28. The number of halogens is 5. The minimum absolute atomic E-state index is 0.0182. The normalized spacial score (nSPS) is 20.4. The quantitative estimate of drug-likeness (QED) is 0.767. The van der Waals surface area contributed by atoms with Crippen LogP contribution >= 0.6 is 0 Å². The van der Waals surface area contributed by atoms with Crippen molar-refractivity contribution in [3.05, 3.63) is 35.4 Å². The minimum atomic E-state index is -4.50. The van der Waals surface area contributed by atoms with Gasteiger partial charge in [0.15, 0.2) is 11.6 Å². The second kappa shape index (κ2) is 5.38. The molecule has 1 amide bonds. The van der Waals surface area contributed by atoms with E-state index in [0.29, 0.717) is 4.90 Å². The van der Waals surface area contributed by atoms with E-state index in [9.17, 15) is 26.7 Å². The van der Waals surface area contributed by atoms with Crippen molar-refractivity contribution in [2.24, 2.45) is 0 Å². The van der Waals surface area contributed by atoms with Crippen LogP contribution in [0.1, 0.15) is 24.3 Å². The summed E-state index contributed by atoms with van der Waals surface area (Å²) in [7, 11) is 0. The number of nitrogens with zero attached hydrogens (tertiary/aromatic N) is 1. The van der Waals surface area contributed by atoms with Gasteiger partial charge in [0.2, 0.25) is 5.91 Å². The molecule has 2 nitrogen and oxygen atoms in total. The number of likely N-dealkylation sites (tertiary alicyclic amines) is 1. The van der Waals surface area contributed by atoms with Crippen molar-refractivity contribution in [1.82, 2.24) is 4.90 Å². The fourth-order valence-electron chi connectivity index (χ4n) is 2.37. The Bertz CT molecular complexity index is 514. The number of rotatable bonds is 2. The summed E-state index contributed by atoms with van der Waals surface area (Å²) in [5.74, 6) is -3.33. The van der Waals surface area contributed by atoms with Crippen LogP contribution in [0.3, 0.4) is 0 Å².